The molecule has 0 aliphatic carbocycles. The van der Waals surface area contributed by atoms with Crippen molar-refractivity contribution in [2.75, 3.05) is 4.90 Å². The molecule has 7 nitrogen and oxygen atoms in total. The number of halogens is 5. The number of imide groups is 1. The highest BCUT2D eigenvalue weighted by Crippen LogP contribution is 2.36. The van der Waals surface area contributed by atoms with Gasteiger partial charge in [-0.05, 0) is 36.4 Å². The van der Waals surface area contributed by atoms with Crippen molar-refractivity contribution in [3.63, 3.8) is 0 Å². The fourth-order valence-corrected chi connectivity index (χ4v) is 4.36. The first-order chi connectivity index (χ1) is 15.6. The van der Waals surface area contributed by atoms with Gasteiger partial charge in [0.1, 0.15) is 11.0 Å². The average molecular weight is 518 g/mol. The molecule has 4 rings (SSSR count). The molecular formula is C20H12Cl2F3N3O4S. The van der Waals surface area contributed by atoms with Crippen LogP contribution in [0.1, 0.15) is 17.9 Å². The van der Waals surface area contributed by atoms with Crippen LogP contribution in [-0.2, 0) is 22.4 Å². The lowest BCUT2D eigenvalue weighted by atomic mass is 10.2. The van der Waals surface area contributed by atoms with Gasteiger partial charge >= 0.3 is 6.18 Å². The second kappa shape index (κ2) is 9.24. The van der Waals surface area contributed by atoms with Crippen LogP contribution in [0.4, 0.5) is 18.9 Å². The first kappa shape index (κ1) is 23.4. The largest absolute Gasteiger partial charge is 0.482 e. The molecule has 3 aromatic rings. The van der Waals surface area contributed by atoms with Crippen LogP contribution in [0.3, 0.4) is 0 Å². The van der Waals surface area contributed by atoms with Gasteiger partial charge in [0.15, 0.2) is 6.61 Å². The minimum atomic E-state index is -4.60. The number of benzene rings is 2. The lowest BCUT2D eigenvalue weighted by molar-refractivity contribution is -0.137. The minimum absolute atomic E-state index is 0.00726. The van der Waals surface area contributed by atoms with Crippen LogP contribution in [0.25, 0.3) is 0 Å². The molecule has 2 heterocycles. The zero-order valence-corrected chi connectivity index (χ0v) is 18.6. The van der Waals surface area contributed by atoms with E-state index < -0.39 is 28.8 Å². The molecule has 1 aliphatic heterocycles. The van der Waals surface area contributed by atoms with Crippen LogP contribution >= 0.6 is 35.0 Å². The van der Waals surface area contributed by atoms with E-state index in [1.165, 1.54) is 12.1 Å². The maximum absolute atomic E-state index is 13.0. The number of thioether (sulfide) groups is 1. The van der Waals surface area contributed by atoms with E-state index in [0.29, 0.717) is 15.8 Å². The summed E-state index contributed by atoms with van der Waals surface area (Å²) in [5, 5.41) is 7.45. The lowest BCUT2D eigenvalue weighted by Gasteiger charge is -2.16. The van der Waals surface area contributed by atoms with Gasteiger partial charge in [-0.2, -0.15) is 13.2 Å². The van der Waals surface area contributed by atoms with Gasteiger partial charge in [-0.15, -0.1) is 10.2 Å². The highest BCUT2D eigenvalue weighted by Gasteiger charge is 2.42. The first-order valence-electron chi connectivity index (χ1n) is 9.23. The molecule has 1 aliphatic rings. The second-order valence-electron chi connectivity index (χ2n) is 6.75. The molecule has 1 aromatic heterocycles. The molecule has 172 valence electrons. The van der Waals surface area contributed by atoms with Crippen LogP contribution in [0, 0.1) is 0 Å². The number of hydrogen-bond acceptors (Lipinski definition) is 7. The average Bonchev–Trinajstić information content (AvgIpc) is 3.30. The first-order valence-corrected chi connectivity index (χ1v) is 10.9. The third-order valence-corrected chi connectivity index (χ3v) is 6.02. The molecule has 1 saturated heterocycles. The molecule has 0 bridgehead atoms. The zero-order valence-electron chi connectivity index (χ0n) is 16.3. The highest BCUT2D eigenvalue weighted by molar-refractivity contribution is 8.00. The molecule has 1 unspecified atom stereocenters. The Bertz CT molecular complexity index is 1220. The van der Waals surface area contributed by atoms with Crippen molar-refractivity contribution in [2.24, 2.45) is 0 Å². The number of hydrogen-bond donors (Lipinski definition) is 0. The van der Waals surface area contributed by atoms with Crippen LogP contribution in [0.5, 0.6) is 5.75 Å². The minimum Gasteiger partial charge on any atom is -0.482 e. The number of anilines is 1. The quantitative estimate of drug-likeness (QED) is 0.404. The van der Waals surface area contributed by atoms with Crippen molar-refractivity contribution in [1.29, 1.82) is 0 Å². The summed E-state index contributed by atoms with van der Waals surface area (Å²) in [6.07, 6.45) is -4.83. The molecule has 33 heavy (non-hydrogen) atoms. The number of carbonyl (C=O) groups is 2. The van der Waals surface area contributed by atoms with E-state index in [4.69, 9.17) is 32.4 Å². The third-order valence-electron chi connectivity index (χ3n) is 4.47. The third kappa shape index (κ3) is 5.26. The predicted molar refractivity (Wildman–Crippen MR) is 113 cm³/mol. The molecule has 2 amide bonds. The van der Waals surface area contributed by atoms with Gasteiger partial charge < -0.3 is 9.15 Å². The standard InChI is InChI=1S/C20H12Cl2F3N3O4S/c21-11-4-5-14(13(22)7-11)31-9-16-26-27-19(32-16)33-15-8-17(29)28(18(15)30)12-3-1-2-10(6-12)20(23,24)25/h1-7,15H,8-9H2. The number of amides is 2. The molecule has 0 N–H and O–H groups in total. The summed E-state index contributed by atoms with van der Waals surface area (Å²) < 4.78 is 49.9. The highest BCUT2D eigenvalue weighted by atomic mass is 35.5. The number of carbonyl (C=O) groups excluding carboxylic acids is 2. The topological polar surface area (TPSA) is 85.5 Å². The summed E-state index contributed by atoms with van der Waals surface area (Å²) in [6.45, 7) is -0.108. The summed E-state index contributed by atoms with van der Waals surface area (Å²) >= 11 is 12.7. The second-order valence-corrected chi connectivity index (χ2v) is 8.75. The van der Waals surface area contributed by atoms with Crippen molar-refractivity contribution < 1.29 is 31.9 Å². The molecule has 0 radical (unpaired) electrons. The van der Waals surface area contributed by atoms with Crippen LogP contribution in [0.15, 0.2) is 52.1 Å². The number of rotatable bonds is 6. The van der Waals surface area contributed by atoms with E-state index in [-0.39, 0.29) is 29.8 Å². The van der Waals surface area contributed by atoms with E-state index in [0.717, 1.165) is 34.9 Å². The Morgan fingerprint density at radius 2 is 1.94 bits per heavy atom. The van der Waals surface area contributed by atoms with E-state index in [1.807, 2.05) is 0 Å². The summed E-state index contributed by atoms with van der Waals surface area (Å²) in [6, 6.07) is 8.69. The van der Waals surface area contributed by atoms with Gasteiger partial charge in [-0.3, -0.25) is 9.59 Å². The maximum Gasteiger partial charge on any atom is 0.416 e. The van der Waals surface area contributed by atoms with Gasteiger partial charge in [0, 0.05) is 11.4 Å². The Balaban J connectivity index is 1.42. The Hall–Kier alpha value is -2.76. The van der Waals surface area contributed by atoms with Crippen molar-refractivity contribution in [3.8, 4) is 5.75 Å². The molecule has 13 heteroatoms. The maximum atomic E-state index is 13.0. The SMILES string of the molecule is O=C1CC(Sc2nnc(COc3ccc(Cl)cc3Cl)o2)C(=O)N1c1cccc(C(F)(F)F)c1. The smallest absolute Gasteiger partial charge is 0.416 e. The number of aromatic nitrogens is 2. The summed E-state index contributed by atoms with van der Waals surface area (Å²) in [4.78, 5) is 25.8. The van der Waals surface area contributed by atoms with Crippen molar-refractivity contribution in [2.45, 2.75) is 29.7 Å². The molecule has 1 atom stereocenters. The van der Waals surface area contributed by atoms with E-state index in [1.54, 1.807) is 12.1 Å². The molecule has 0 saturated carbocycles. The van der Waals surface area contributed by atoms with Gasteiger partial charge in [0.2, 0.25) is 11.8 Å². The zero-order chi connectivity index (χ0) is 23.8. The van der Waals surface area contributed by atoms with Gasteiger partial charge in [0.05, 0.1) is 16.3 Å². The van der Waals surface area contributed by atoms with Crippen molar-refractivity contribution >= 4 is 52.5 Å². The Kier molecular flexibility index (Phi) is 6.55. The van der Waals surface area contributed by atoms with Crippen LogP contribution in [0.2, 0.25) is 10.0 Å². The van der Waals surface area contributed by atoms with Gasteiger partial charge in [0.25, 0.3) is 11.1 Å². The normalized spacial score (nSPS) is 16.5. The van der Waals surface area contributed by atoms with Crippen molar-refractivity contribution in [3.05, 3.63) is 64.0 Å². The van der Waals surface area contributed by atoms with Crippen LogP contribution < -0.4 is 9.64 Å². The van der Waals surface area contributed by atoms with Gasteiger partial charge in [-0.1, -0.05) is 41.0 Å². The monoisotopic (exact) mass is 517 g/mol. The van der Waals surface area contributed by atoms with E-state index >= 15 is 0 Å². The molecule has 0 spiro atoms. The Morgan fingerprint density at radius 1 is 1.15 bits per heavy atom. The number of nitrogens with zero attached hydrogens (tertiary/aromatic N) is 3. The number of alkyl halides is 3. The fraction of sp³-hybridized carbons (Fsp3) is 0.200. The molecule has 2 aromatic carbocycles. The lowest BCUT2D eigenvalue weighted by Crippen LogP contribution is -2.31. The Morgan fingerprint density at radius 3 is 2.67 bits per heavy atom. The summed E-state index contributed by atoms with van der Waals surface area (Å²) in [7, 11) is 0. The van der Waals surface area contributed by atoms with E-state index in [9.17, 15) is 22.8 Å². The van der Waals surface area contributed by atoms with Gasteiger partial charge in [-0.25, -0.2) is 4.90 Å². The van der Waals surface area contributed by atoms with Crippen molar-refractivity contribution in [1.82, 2.24) is 10.2 Å². The summed E-state index contributed by atoms with van der Waals surface area (Å²) in [5.41, 5.74) is -1.11. The number of ether oxygens (including phenoxy) is 1. The van der Waals surface area contributed by atoms with Crippen LogP contribution in [-0.4, -0.2) is 27.3 Å². The molecule has 1 fully saturated rings. The Labute approximate surface area is 198 Å². The molecular weight excluding hydrogens is 506 g/mol. The predicted octanol–water partition coefficient (Wildman–Crippen LogP) is 5.40. The van der Waals surface area contributed by atoms with E-state index in [2.05, 4.69) is 10.2 Å². The summed E-state index contributed by atoms with van der Waals surface area (Å²) in [5.74, 6) is -0.859. The fourth-order valence-electron chi connectivity index (χ4n) is 2.99.